The van der Waals surface area contributed by atoms with E-state index in [0.29, 0.717) is 41.9 Å². The smallest absolute Gasteiger partial charge is 0.289 e. The summed E-state index contributed by atoms with van der Waals surface area (Å²) in [6.07, 6.45) is 0. The standard InChI is InChI=1S/C23H22ClFN2O3/c24-18-4-6-20(7-5-18)29-16-21-8-9-22(30-21)23(28)27-12-10-26(11-13-27)15-17-2-1-3-19(25)14-17/h1-9,14H,10-13,15-16H2. The molecule has 0 spiro atoms. The van der Waals surface area contributed by atoms with Gasteiger partial charge in [-0.25, -0.2) is 4.39 Å². The first-order chi connectivity index (χ1) is 14.6. The molecule has 0 atom stereocenters. The van der Waals surface area contributed by atoms with E-state index in [0.717, 1.165) is 18.7 Å². The zero-order valence-electron chi connectivity index (χ0n) is 16.4. The van der Waals surface area contributed by atoms with Crippen LogP contribution in [0.1, 0.15) is 21.9 Å². The van der Waals surface area contributed by atoms with Crippen LogP contribution >= 0.6 is 11.6 Å². The Morgan fingerprint density at radius 1 is 1.03 bits per heavy atom. The molecule has 0 N–H and O–H groups in total. The molecular formula is C23H22ClFN2O3. The van der Waals surface area contributed by atoms with Crippen molar-refractivity contribution in [3.8, 4) is 5.75 Å². The molecule has 0 aliphatic carbocycles. The lowest BCUT2D eigenvalue weighted by molar-refractivity contribution is 0.0594. The molecule has 1 fully saturated rings. The molecule has 3 aromatic rings. The van der Waals surface area contributed by atoms with Gasteiger partial charge >= 0.3 is 0 Å². The van der Waals surface area contributed by atoms with Gasteiger partial charge in [0.25, 0.3) is 5.91 Å². The van der Waals surface area contributed by atoms with E-state index in [1.165, 1.54) is 6.07 Å². The largest absolute Gasteiger partial charge is 0.486 e. The Bertz CT molecular complexity index is 998. The van der Waals surface area contributed by atoms with Crippen molar-refractivity contribution in [2.24, 2.45) is 0 Å². The van der Waals surface area contributed by atoms with Crippen molar-refractivity contribution in [3.63, 3.8) is 0 Å². The van der Waals surface area contributed by atoms with Crippen molar-refractivity contribution in [1.29, 1.82) is 0 Å². The number of carbonyl (C=O) groups excluding carboxylic acids is 1. The van der Waals surface area contributed by atoms with Crippen molar-refractivity contribution in [2.45, 2.75) is 13.2 Å². The number of benzene rings is 2. The fourth-order valence-corrected chi connectivity index (χ4v) is 3.54. The van der Waals surface area contributed by atoms with Crippen LogP contribution < -0.4 is 4.74 Å². The normalized spacial score (nSPS) is 14.7. The van der Waals surface area contributed by atoms with Crippen LogP contribution in [0.25, 0.3) is 0 Å². The summed E-state index contributed by atoms with van der Waals surface area (Å²) in [6.45, 7) is 3.57. The lowest BCUT2D eigenvalue weighted by atomic mass is 10.2. The van der Waals surface area contributed by atoms with Gasteiger partial charge in [-0.2, -0.15) is 0 Å². The van der Waals surface area contributed by atoms with Crippen molar-refractivity contribution in [2.75, 3.05) is 26.2 Å². The summed E-state index contributed by atoms with van der Waals surface area (Å²) < 4.78 is 24.7. The molecule has 5 nitrogen and oxygen atoms in total. The Hall–Kier alpha value is -2.83. The molecule has 0 bridgehead atoms. The molecule has 1 saturated heterocycles. The lowest BCUT2D eigenvalue weighted by Gasteiger charge is -2.34. The minimum absolute atomic E-state index is 0.127. The molecule has 1 aliphatic rings. The van der Waals surface area contributed by atoms with Crippen LogP contribution in [0.15, 0.2) is 65.1 Å². The molecule has 1 aromatic heterocycles. The molecule has 0 saturated carbocycles. The summed E-state index contributed by atoms with van der Waals surface area (Å²) in [5, 5.41) is 0.643. The fraction of sp³-hybridized carbons (Fsp3) is 0.261. The molecule has 2 heterocycles. The van der Waals surface area contributed by atoms with Crippen LogP contribution in [0.2, 0.25) is 5.02 Å². The number of halogens is 2. The Morgan fingerprint density at radius 3 is 2.53 bits per heavy atom. The summed E-state index contributed by atoms with van der Waals surface area (Å²) in [5.41, 5.74) is 0.936. The Labute approximate surface area is 179 Å². The van der Waals surface area contributed by atoms with Gasteiger partial charge in [0, 0.05) is 37.7 Å². The molecular weight excluding hydrogens is 407 g/mol. The number of rotatable bonds is 6. The van der Waals surface area contributed by atoms with Crippen molar-refractivity contribution in [1.82, 2.24) is 9.80 Å². The van der Waals surface area contributed by atoms with Crippen LogP contribution in [0, 0.1) is 5.82 Å². The Morgan fingerprint density at radius 2 is 1.80 bits per heavy atom. The van der Waals surface area contributed by atoms with E-state index in [4.69, 9.17) is 20.8 Å². The number of furan rings is 1. The number of hydrogen-bond acceptors (Lipinski definition) is 4. The Kier molecular flexibility index (Phi) is 6.35. The minimum Gasteiger partial charge on any atom is -0.486 e. The highest BCUT2D eigenvalue weighted by atomic mass is 35.5. The van der Waals surface area contributed by atoms with E-state index in [2.05, 4.69) is 4.90 Å². The summed E-state index contributed by atoms with van der Waals surface area (Å²) in [5.74, 6) is 1.22. The molecule has 1 amide bonds. The maximum absolute atomic E-state index is 13.4. The van der Waals surface area contributed by atoms with Gasteiger partial charge in [0.05, 0.1) is 0 Å². The second kappa shape index (κ2) is 9.32. The van der Waals surface area contributed by atoms with E-state index in [1.807, 2.05) is 6.07 Å². The first-order valence-corrected chi connectivity index (χ1v) is 10.2. The maximum Gasteiger partial charge on any atom is 0.289 e. The topological polar surface area (TPSA) is 45.9 Å². The third-order valence-corrected chi connectivity index (χ3v) is 5.27. The molecule has 30 heavy (non-hydrogen) atoms. The van der Waals surface area contributed by atoms with Gasteiger partial charge in [-0.05, 0) is 54.1 Å². The minimum atomic E-state index is -0.227. The van der Waals surface area contributed by atoms with Crippen LogP contribution in [-0.2, 0) is 13.2 Å². The van der Waals surface area contributed by atoms with Gasteiger partial charge in [0.1, 0.15) is 23.9 Å². The van der Waals surface area contributed by atoms with Crippen molar-refractivity contribution < 1.29 is 18.3 Å². The van der Waals surface area contributed by atoms with Crippen LogP contribution in [0.4, 0.5) is 4.39 Å². The van der Waals surface area contributed by atoms with Gasteiger partial charge in [-0.1, -0.05) is 23.7 Å². The average molecular weight is 429 g/mol. The molecule has 0 radical (unpaired) electrons. The predicted octanol–water partition coefficient (Wildman–Crippen LogP) is 4.61. The number of piperazine rings is 1. The summed E-state index contributed by atoms with van der Waals surface area (Å²) in [4.78, 5) is 16.7. The van der Waals surface area contributed by atoms with E-state index >= 15 is 0 Å². The van der Waals surface area contributed by atoms with Gasteiger partial charge < -0.3 is 14.1 Å². The van der Waals surface area contributed by atoms with Crippen LogP contribution in [0.3, 0.4) is 0 Å². The van der Waals surface area contributed by atoms with Gasteiger partial charge in [0.15, 0.2) is 5.76 Å². The molecule has 4 rings (SSSR count). The summed E-state index contributed by atoms with van der Waals surface area (Å²) in [7, 11) is 0. The van der Waals surface area contributed by atoms with E-state index in [-0.39, 0.29) is 18.3 Å². The summed E-state index contributed by atoms with van der Waals surface area (Å²) >= 11 is 5.86. The van der Waals surface area contributed by atoms with E-state index in [1.54, 1.807) is 53.4 Å². The number of nitrogens with zero attached hydrogens (tertiary/aromatic N) is 2. The Balaban J connectivity index is 1.27. The van der Waals surface area contributed by atoms with Crippen molar-refractivity contribution in [3.05, 3.63) is 88.6 Å². The van der Waals surface area contributed by atoms with Crippen LogP contribution in [0.5, 0.6) is 5.75 Å². The molecule has 156 valence electrons. The number of amides is 1. The average Bonchev–Trinajstić information content (AvgIpc) is 3.22. The monoisotopic (exact) mass is 428 g/mol. The second-order valence-electron chi connectivity index (χ2n) is 7.21. The van der Waals surface area contributed by atoms with E-state index < -0.39 is 0 Å². The lowest BCUT2D eigenvalue weighted by Crippen LogP contribution is -2.48. The third kappa shape index (κ3) is 5.20. The van der Waals surface area contributed by atoms with Gasteiger partial charge in [0.2, 0.25) is 0 Å². The highest BCUT2D eigenvalue weighted by Gasteiger charge is 2.24. The highest BCUT2D eigenvalue weighted by Crippen LogP contribution is 2.19. The number of carbonyl (C=O) groups is 1. The second-order valence-corrected chi connectivity index (χ2v) is 7.64. The van der Waals surface area contributed by atoms with Gasteiger partial charge in [-0.3, -0.25) is 9.69 Å². The zero-order valence-corrected chi connectivity index (χ0v) is 17.1. The fourth-order valence-electron chi connectivity index (χ4n) is 3.41. The first kappa shape index (κ1) is 20.4. The molecule has 7 heteroatoms. The highest BCUT2D eigenvalue weighted by molar-refractivity contribution is 6.30. The van der Waals surface area contributed by atoms with Crippen molar-refractivity contribution >= 4 is 17.5 Å². The number of ether oxygens (including phenoxy) is 1. The summed E-state index contributed by atoms with van der Waals surface area (Å²) in [6, 6.07) is 17.1. The molecule has 0 unspecified atom stereocenters. The molecule has 2 aromatic carbocycles. The SMILES string of the molecule is O=C(c1ccc(COc2ccc(Cl)cc2)o1)N1CCN(Cc2cccc(F)c2)CC1. The van der Waals surface area contributed by atoms with Gasteiger partial charge in [-0.15, -0.1) is 0 Å². The quantitative estimate of drug-likeness (QED) is 0.575. The zero-order chi connectivity index (χ0) is 20.9. The van der Waals surface area contributed by atoms with E-state index in [9.17, 15) is 9.18 Å². The predicted molar refractivity (Wildman–Crippen MR) is 112 cm³/mol. The molecule has 1 aliphatic heterocycles. The third-order valence-electron chi connectivity index (χ3n) is 5.02. The number of hydrogen-bond donors (Lipinski definition) is 0. The maximum atomic E-state index is 13.4. The van der Waals surface area contributed by atoms with Crippen LogP contribution in [-0.4, -0.2) is 41.9 Å². The first-order valence-electron chi connectivity index (χ1n) is 9.80.